The van der Waals surface area contributed by atoms with Gasteiger partial charge in [0, 0.05) is 17.6 Å². The number of anilines is 2. The van der Waals surface area contributed by atoms with Gasteiger partial charge in [-0.15, -0.1) is 0 Å². The number of nitrogens with two attached hydrogens (primary N) is 1. The number of benzene rings is 1. The van der Waals surface area contributed by atoms with E-state index >= 15 is 0 Å². The molecule has 4 heteroatoms. The van der Waals surface area contributed by atoms with E-state index in [1.807, 2.05) is 18.2 Å². The van der Waals surface area contributed by atoms with Crippen LogP contribution in [0.2, 0.25) is 5.02 Å². The topological polar surface area (TPSA) is 29.3 Å². The molecule has 0 radical (unpaired) electrons. The fourth-order valence-corrected chi connectivity index (χ4v) is 3.00. The zero-order chi connectivity index (χ0) is 12.5. The first-order valence-electron chi connectivity index (χ1n) is 6.07. The maximum Gasteiger partial charge on any atom is 0.0606 e. The summed E-state index contributed by atoms with van der Waals surface area (Å²) >= 11 is 7.70. The molecule has 0 aliphatic heterocycles. The molecule has 94 valence electrons. The van der Waals surface area contributed by atoms with Crippen molar-refractivity contribution in [3.63, 3.8) is 0 Å². The van der Waals surface area contributed by atoms with E-state index in [-0.39, 0.29) is 0 Å². The van der Waals surface area contributed by atoms with Crippen molar-refractivity contribution >= 4 is 34.3 Å². The Balaban J connectivity index is 1.89. The second-order valence-electron chi connectivity index (χ2n) is 4.69. The molecule has 0 amide bonds. The lowest BCUT2D eigenvalue weighted by Crippen LogP contribution is -2.25. The van der Waals surface area contributed by atoms with Crippen molar-refractivity contribution in [2.75, 3.05) is 10.6 Å². The van der Waals surface area contributed by atoms with Crippen LogP contribution in [0, 0.1) is 0 Å². The van der Waals surface area contributed by atoms with E-state index in [0.29, 0.717) is 11.1 Å². The average molecular weight is 279 g/mol. The highest BCUT2D eigenvalue weighted by Crippen LogP contribution is 2.37. The molecule has 0 saturated heterocycles. The Bertz CT molecular complexity index is 535. The molecule has 1 aromatic heterocycles. The summed E-state index contributed by atoms with van der Waals surface area (Å²) in [7, 11) is 0. The van der Waals surface area contributed by atoms with Crippen molar-refractivity contribution in [1.82, 2.24) is 0 Å². The molecule has 1 aliphatic carbocycles. The van der Waals surface area contributed by atoms with Gasteiger partial charge in [-0.05, 0) is 53.4 Å². The minimum atomic E-state index is 0.633. The third-order valence-corrected chi connectivity index (χ3v) is 4.19. The van der Waals surface area contributed by atoms with Gasteiger partial charge in [-0.2, -0.15) is 11.3 Å². The van der Waals surface area contributed by atoms with Crippen LogP contribution < -0.4 is 10.6 Å². The zero-order valence-corrected chi connectivity index (χ0v) is 11.5. The van der Waals surface area contributed by atoms with E-state index in [4.69, 9.17) is 17.3 Å². The van der Waals surface area contributed by atoms with Gasteiger partial charge >= 0.3 is 0 Å². The van der Waals surface area contributed by atoms with E-state index in [1.54, 1.807) is 11.3 Å². The van der Waals surface area contributed by atoms with Gasteiger partial charge in [0.2, 0.25) is 0 Å². The van der Waals surface area contributed by atoms with E-state index in [2.05, 4.69) is 21.7 Å². The molecule has 3 rings (SSSR count). The number of rotatable bonds is 4. The Hall–Kier alpha value is -1.19. The van der Waals surface area contributed by atoms with Crippen LogP contribution in [0.4, 0.5) is 11.4 Å². The van der Waals surface area contributed by atoms with Gasteiger partial charge in [-0.3, -0.25) is 0 Å². The minimum absolute atomic E-state index is 0.633. The van der Waals surface area contributed by atoms with Crippen molar-refractivity contribution < 1.29 is 0 Å². The summed E-state index contributed by atoms with van der Waals surface area (Å²) in [5, 5.41) is 5.01. The number of hydrogen-bond donors (Lipinski definition) is 1. The molecule has 18 heavy (non-hydrogen) atoms. The van der Waals surface area contributed by atoms with Gasteiger partial charge in [0.1, 0.15) is 0 Å². The van der Waals surface area contributed by atoms with Gasteiger partial charge < -0.3 is 10.6 Å². The van der Waals surface area contributed by atoms with Crippen LogP contribution in [-0.4, -0.2) is 6.04 Å². The van der Waals surface area contributed by atoms with E-state index in [9.17, 15) is 0 Å². The maximum absolute atomic E-state index is 6.09. The van der Waals surface area contributed by atoms with Gasteiger partial charge in [0.25, 0.3) is 0 Å². The predicted molar refractivity (Wildman–Crippen MR) is 79.4 cm³/mol. The lowest BCUT2D eigenvalue weighted by molar-refractivity contribution is 0.798. The first-order chi connectivity index (χ1) is 8.74. The summed E-state index contributed by atoms with van der Waals surface area (Å²) in [4.78, 5) is 2.40. The lowest BCUT2D eigenvalue weighted by atomic mass is 10.2. The quantitative estimate of drug-likeness (QED) is 0.851. The Kier molecular flexibility index (Phi) is 3.18. The molecule has 1 fully saturated rings. The standard InChI is InChI=1S/C14H15ClN2S/c15-11-1-4-14(13(16)7-11)17(12-2-3-12)8-10-5-6-18-9-10/h1,4-7,9,12H,2-3,8,16H2. The Morgan fingerprint density at radius 1 is 1.33 bits per heavy atom. The molecule has 0 unspecified atom stereocenters. The van der Waals surface area contributed by atoms with Crippen LogP contribution in [0.1, 0.15) is 18.4 Å². The van der Waals surface area contributed by atoms with Gasteiger partial charge in [0.05, 0.1) is 11.4 Å². The maximum atomic E-state index is 6.09. The number of nitrogens with zero attached hydrogens (tertiary/aromatic N) is 1. The summed E-state index contributed by atoms with van der Waals surface area (Å²) < 4.78 is 0. The molecule has 2 nitrogen and oxygen atoms in total. The molecule has 1 heterocycles. The summed E-state index contributed by atoms with van der Waals surface area (Å²) in [6, 6.07) is 8.58. The Morgan fingerprint density at radius 2 is 2.17 bits per heavy atom. The minimum Gasteiger partial charge on any atom is -0.397 e. The number of hydrogen-bond acceptors (Lipinski definition) is 3. The van der Waals surface area contributed by atoms with Crippen LogP contribution >= 0.6 is 22.9 Å². The van der Waals surface area contributed by atoms with Crippen LogP contribution in [0.15, 0.2) is 35.0 Å². The van der Waals surface area contributed by atoms with Gasteiger partial charge in [-0.25, -0.2) is 0 Å². The molecule has 0 spiro atoms. The first-order valence-corrected chi connectivity index (χ1v) is 7.39. The largest absolute Gasteiger partial charge is 0.397 e. The zero-order valence-electron chi connectivity index (χ0n) is 9.97. The number of thiophene rings is 1. The predicted octanol–water partition coefficient (Wildman–Crippen LogP) is 4.15. The highest BCUT2D eigenvalue weighted by molar-refractivity contribution is 7.07. The lowest BCUT2D eigenvalue weighted by Gasteiger charge is -2.26. The SMILES string of the molecule is Nc1cc(Cl)ccc1N(Cc1ccsc1)C1CC1. The molecule has 1 aliphatic rings. The third kappa shape index (κ3) is 2.47. The third-order valence-electron chi connectivity index (χ3n) is 3.22. The second-order valence-corrected chi connectivity index (χ2v) is 5.91. The fourth-order valence-electron chi connectivity index (χ4n) is 2.16. The van der Waals surface area contributed by atoms with Crippen LogP contribution in [-0.2, 0) is 6.54 Å². The van der Waals surface area contributed by atoms with Gasteiger partial charge in [0.15, 0.2) is 0 Å². The van der Waals surface area contributed by atoms with Gasteiger partial charge in [-0.1, -0.05) is 11.6 Å². The van der Waals surface area contributed by atoms with E-state index in [1.165, 1.54) is 18.4 Å². The van der Waals surface area contributed by atoms with Crippen molar-refractivity contribution in [2.45, 2.75) is 25.4 Å². The summed E-state index contributed by atoms with van der Waals surface area (Å²) in [5.41, 5.74) is 9.31. The molecular weight excluding hydrogens is 264 g/mol. The fraction of sp³-hybridized carbons (Fsp3) is 0.286. The Labute approximate surface area is 116 Å². The van der Waals surface area contributed by atoms with Crippen molar-refractivity contribution in [3.8, 4) is 0 Å². The molecule has 1 aromatic carbocycles. The van der Waals surface area contributed by atoms with Crippen molar-refractivity contribution in [2.24, 2.45) is 0 Å². The summed E-state index contributed by atoms with van der Waals surface area (Å²) in [5.74, 6) is 0. The molecule has 2 aromatic rings. The first kappa shape index (κ1) is 11.9. The number of halogens is 1. The highest BCUT2D eigenvalue weighted by atomic mass is 35.5. The normalized spacial score (nSPS) is 14.7. The number of nitrogen functional groups attached to an aromatic ring is 1. The van der Waals surface area contributed by atoms with Crippen LogP contribution in [0.5, 0.6) is 0 Å². The molecule has 2 N–H and O–H groups in total. The van der Waals surface area contributed by atoms with Crippen molar-refractivity contribution in [3.05, 3.63) is 45.6 Å². The van der Waals surface area contributed by atoms with Crippen LogP contribution in [0.3, 0.4) is 0 Å². The molecular formula is C14H15ClN2S. The Morgan fingerprint density at radius 3 is 2.78 bits per heavy atom. The monoisotopic (exact) mass is 278 g/mol. The summed E-state index contributed by atoms with van der Waals surface area (Å²) in [6.07, 6.45) is 2.51. The van der Waals surface area contributed by atoms with E-state index < -0.39 is 0 Å². The van der Waals surface area contributed by atoms with E-state index in [0.717, 1.165) is 17.9 Å². The average Bonchev–Trinajstić information content (AvgIpc) is 3.05. The summed E-state index contributed by atoms with van der Waals surface area (Å²) in [6.45, 7) is 0.931. The molecule has 1 saturated carbocycles. The smallest absolute Gasteiger partial charge is 0.0606 e. The molecule has 0 atom stereocenters. The highest BCUT2D eigenvalue weighted by Gasteiger charge is 2.30. The van der Waals surface area contributed by atoms with Crippen LogP contribution in [0.25, 0.3) is 0 Å². The van der Waals surface area contributed by atoms with Crippen molar-refractivity contribution in [1.29, 1.82) is 0 Å². The second kappa shape index (κ2) is 4.82. The molecule has 0 bridgehead atoms.